The van der Waals surface area contributed by atoms with Crippen molar-refractivity contribution in [3.63, 3.8) is 0 Å². The Balaban J connectivity index is 1.50. The molecule has 0 bridgehead atoms. The molecule has 0 aromatic carbocycles. The summed E-state index contributed by atoms with van der Waals surface area (Å²) in [4.78, 5) is 13.2. The van der Waals surface area contributed by atoms with E-state index in [4.69, 9.17) is 4.99 Å². The monoisotopic (exact) mass is 354 g/mol. The summed E-state index contributed by atoms with van der Waals surface area (Å²) >= 11 is 0. The van der Waals surface area contributed by atoms with Gasteiger partial charge < -0.3 is 10.6 Å². The smallest absolute Gasteiger partial charge is 0.191 e. The molecule has 2 heterocycles. The van der Waals surface area contributed by atoms with Crippen molar-refractivity contribution < 1.29 is 0 Å². The predicted octanol–water partition coefficient (Wildman–Crippen LogP) is 3.29. The highest BCUT2D eigenvalue weighted by Gasteiger charge is 2.14. The van der Waals surface area contributed by atoms with E-state index in [2.05, 4.69) is 33.6 Å². The molecular formula is C20H30N6. The summed E-state index contributed by atoms with van der Waals surface area (Å²) in [5, 5.41) is 6.80. The number of hydrogen-bond acceptors (Lipinski definition) is 3. The zero-order chi connectivity index (χ0) is 18.0. The lowest BCUT2D eigenvalue weighted by Gasteiger charge is -2.13. The van der Waals surface area contributed by atoms with E-state index in [9.17, 15) is 0 Å². The normalized spacial score (nSPS) is 15.3. The fraction of sp³-hybridized carbons (Fsp3) is 0.550. The molecule has 6 heteroatoms. The van der Waals surface area contributed by atoms with Gasteiger partial charge >= 0.3 is 0 Å². The van der Waals surface area contributed by atoms with Gasteiger partial charge in [0.1, 0.15) is 12.1 Å². The maximum absolute atomic E-state index is 4.72. The lowest BCUT2D eigenvalue weighted by Crippen LogP contribution is -2.37. The Hall–Kier alpha value is -2.37. The minimum atomic E-state index is 0.627. The molecule has 1 saturated carbocycles. The predicted molar refractivity (Wildman–Crippen MR) is 105 cm³/mol. The Kier molecular flexibility index (Phi) is 7.05. The van der Waals surface area contributed by atoms with Crippen LogP contribution in [0, 0.1) is 5.92 Å². The minimum absolute atomic E-state index is 0.627. The van der Waals surface area contributed by atoms with Gasteiger partial charge in [-0.15, -0.1) is 0 Å². The van der Waals surface area contributed by atoms with Crippen molar-refractivity contribution in [2.24, 2.45) is 10.9 Å². The molecule has 2 aromatic rings. The Labute approximate surface area is 156 Å². The van der Waals surface area contributed by atoms with Gasteiger partial charge in [-0.1, -0.05) is 25.7 Å². The van der Waals surface area contributed by atoms with Crippen LogP contribution in [0.15, 0.2) is 42.0 Å². The minimum Gasteiger partial charge on any atom is -0.357 e. The van der Waals surface area contributed by atoms with Crippen LogP contribution in [0.1, 0.15) is 51.0 Å². The van der Waals surface area contributed by atoms with Crippen molar-refractivity contribution in [2.45, 2.75) is 52.0 Å². The van der Waals surface area contributed by atoms with Crippen molar-refractivity contribution in [2.75, 3.05) is 13.1 Å². The lowest BCUT2D eigenvalue weighted by molar-refractivity contribution is 0.481. The molecule has 1 aliphatic rings. The third-order valence-electron chi connectivity index (χ3n) is 4.90. The highest BCUT2D eigenvalue weighted by molar-refractivity contribution is 5.79. The topological polar surface area (TPSA) is 67.1 Å². The first-order valence-corrected chi connectivity index (χ1v) is 9.80. The number of aliphatic imine (C=N–C) groups is 1. The molecular weight excluding hydrogens is 324 g/mol. The van der Waals surface area contributed by atoms with E-state index in [0.29, 0.717) is 6.54 Å². The number of guanidine groups is 1. The zero-order valence-electron chi connectivity index (χ0n) is 15.7. The summed E-state index contributed by atoms with van der Waals surface area (Å²) in [6.07, 6.45) is 15.5. The molecule has 0 radical (unpaired) electrons. The summed E-state index contributed by atoms with van der Waals surface area (Å²) in [7, 11) is 0. The van der Waals surface area contributed by atoms with Crippen LogP contribution in [0.3, 0.4) is 0 Å². The Morgan fingerprint density at radius 1 is 1.27 bits per heavy atom. The third-order valence-corrected chi connectivity index (χ3v) is 4.90. The van der Waals surface area contributed by atoms with Crippen LogP contribution in [0.4, 0.5) is 0 Å². The number of aromatic nitrogens is 3. The van der Waals surface area contributed by atoms with E-state index in [-0.39, 0.29) is 0 Å². The van der Waals surface area contributed by atoms with Gasteiger partial charge in [0.15, 0.2) is 5.96 Å². The first-order chi connectivity index (χ1) is 12.8. The van der Waals surface area contributed by atoms with Gasteiger partial charge in [-0.3, -0.25) is 4.57 Å². The van der Waals surface area contributed by atoms with Crippen molar-refractivity contribution >= 4 is 5.96 Å². The number of rotatable bonds is 8. The van der Waals surface area contributed by atoms with Crippen molar-refractivity contribution in [1.82, 2.24) is 25.2 Å². The molecule has 0 spiro atoms. The van der Waals surface area contributed by atoms with E-state index in [1.54, 1.807) is 12.5 Å². The average Bonchev–Trinajstić information content (AvgIpc) is 3.37. The van der Waals surface area contributed by atoms with E-state index >= 15 is 0 Å². The summed E-state index contributed by atoms with van der Waals surface area (Å²) < 4.78 is 1.90. The van der Waals surface area contributed by atoms with Crippen molar-refractivity contribution in [3.05, 3.63) is 42.6 Å². The highest BCUT2D eigenvalue weighted by Crippen LogP contribution is 2.28. The second-order valence-corrected chi connectivity index (χ2v) is 6.91. The van der Waals surface area contributed by atoms with Crippen LogP contribution in [0.5, 0.6) is 0 Å². The number of nitrogens with zero attached hydrogens (tertiary/aromatic N) is 4. The SMILES string of the molecule is CCNC(=NCc1ccnc(-n2ccnc2)c1)NCCCC1CCCC1. The summed E-state index contributed by atoms with van der Waals surface area (Å²) in [5.41, 5.74) is 1.13. The standard InChI is InChI=1S/C20H30N6/c1-2-22-20(24-10-5-8-17-6-3-4-7-17)25-15-18-9-11-23-19(14-18)26-13-12-21-16-26/h9,11-14,16-17H,2-8,10,15H2,1H3,(H2,22,24,25). The van der Waals surface area contributed by atoms with Crippen LogP contribution < -0.4 is 10.6 Å². The summed E-state index contributed by atoms with van der Waals surface area (Å²) in [5.74, 6) is 2.71. The third kappa shape index (κ3) is 5.58. The molecule has 0 atom stereocenters. The Bertz CT molecular complexity index is 673. The molecule has 0 unspecified atom stereocenters. The fourth-order valence-corrected chi connectivity index (χ4v) is 3.50. The molecule has 26 heavy (non-hydrogen) atoms. The van der Waals surface area contributed by atoms with Crippen LogP contribution in [-0.2, 0) is 6.54 Å². The second-order valence-electron chi connectivity index (χ2n) is 6.91. The Morgan fingerprint density at radius 3 is 2.92 bits per heavy atom. The van der Waals surface area contributed by atoms with E-state index in [1.807, 2.05) is 23.0 Å². The number of pyridine rings is 1. The fourth-order valence-electron chi connectivity index (χ4n) is 3.50. The number of hydrogen-bond donors (Lipinski definition) is 2. The van der Waals surface area contributed by atoms with E-state index < -0.39 is 0 Å². The van der Waals surface area contributed by atoms with Gasteiger partial charge in [0, 0.05) is 31.7 Å². The zero-order valence-corrected chi connectivity index (χ0v) is 15.7. The molecule has 0 amide bonds. The molecule has 2 N–H and O–H groups in total. The van der Waals surface area contributed by atoms with Gasteiger partial charge in [0.05, 0.1) is 6.54 Å². The number of nitrogens with one attached hydrogen (secondary N) is 2. The molecule has 140 valence electrons. The maximum Gasteiger partial charge on any atom is 0.191 e. The second kappa shape index (κ2) is 9.94. The molecule has 0 aliphatic heterocycles. The van der Waals surface area contributed by atoms with Gasteiger partial charge in [-0.05, 0) is 43.4 Å². The maximum atomic E-state index is 4.72. The van der Waals surface area contributed by atoms with Crippen molar-refractivity contribution in [3.8, 4) is 5.82 Å². The van der Waals surface area contributed by atoms with Crippen LogP contribution in [0.25, 0.3) is 5.82 Å². The first kappa shape index (κ1) is 18.4. The van der Waals surface area contributed by atoms with Crippen LogP contribution in [0.2, 0.25) is 0 Å². The molecule has 2 aromatic heterocycles. The van der Waals surface area contributed by atoms with E-state index in [1.165, 1.54) is 38.5 Å². The summed E-state index contributed by atoms with van der Waals surface area (Å²) in [6, 6.07) is 4.06. The summed E-state index contributed by atoms with van der Waals surface area (Å²) in [6.45, 7) is 4.57. The van der Waals surface area contributed by atoms with Gasteiger partial charge in [0.2, 0.25) is 0 Å². The number of imidazole rings is 1. The molecule has 1 fully saturated rings. The van der Waals surface area contributed by atoms with E-state index in [0.717, 1.165) is 36.3 Å². The van der Waals surface area contributed by atoms with Gasteiger partial charge in [-0.2, -0.15) is 0 Å². The highest BCUT2D eigenvalue weighted by atomic mass is 15.2. The molecule has 6 nitrogen and oxygen atoms in total. The first-order valence-electron chi connectivity index (χ1n) is 9.80. The molecule has 0 saturated heterocycles. The van der Waals surface area contributed by atoms with Gasteiger partial charge in [-0.25, -0.2) is 15.0 Å². The molecule has 1 aliphatic carbocycles. The van der Waals surface area contributed by atoms with Crippen molar-refractivity contribution in [1.29, 1.82) is 0 Å². The largest absolute Gasteiger partial charge is 0.357 e. The Morgan fingerprint density at radius 2 is 2.15 bits per heavy atom. The lowest BCUT2D eigenvalue weighted by atomic mass is 10.0. The van der Waals surface area contributed by atoms with Crippen LogP contribution in [-0.4, -0.2) is 33.6 Å². The quantitative estimate of drug-likeness (QED) is 0.434. The molecule has 3 rings (SSSR count). The average molecular weight is 355 g/mol. The van der Waals surface area contributed by atoms with Crippen LogP contribution >= 0.6 is 0 Å². The van der Waals surface area contributed by atoms with Gasteiger partial charge in [0.25, 0.3) is 0 Å².